The number of benzene rings is 2. The molecule has 2 aliphatic rings. The van der Waals surface area contributed by atoms with E-state index in [1.165, 1.54) is 0 Å². The number of hydrogen-bond acceptors (Lipinski definition) is 11. The van der Waals surface area contributed by atoms with Crippen molar-refractivity contribution >= 4 is 35.8 Å². The number of nitrogens with two attached hydrogens (primary N) is 1. The van der Waals surface area contributed by atoms with Gasteiger partial charge < -0.3 is 36.4 Å². The van der Waals surface area contributed by atoms with Crippen LogP contribution >= 0.6 is 0 Å². The molecular formula is C36H49N7O10. The van der Waals surface area contributed by atoms with Gasteiger partial charge >= 0.3 is 24.0 Å². The maximum atomic E-state index is 13.0. The lowest BCUT2D eigenvalue weighted by Crippen LogP contribution is -2.49. The van der Waals surface area contributed by atoms with Crippen molar-refractivity contribution in [3.05, 3.63) is 59.7 Å². The lowest BCUT2D eigenvalue weighted by atomic mass is 10.1. The standard InChI is InChI=1S/C36H49N7O10/c37-35(51)29(39-36(52)53-34-27-9-3-1-7-25(27)26-8-2-4-10-28(26)34)11-5-6-12-38-30(44)21-40-13-15-41(22-31(45)46)17-19-43(24-33(49)50)20-18-42(16-14-40)23-32(47)48/h1-4,7-10,29,34H,5-6,11-24H2,(H2,37,51)(H,38,44)(H,39,52)(H,45,46)(H,47,48)(H,49,50)/t29-/m0/s1. The molecule has 2 aromatic carbocycles. The summed E-state index contributed by atoms with van der Waals surface area (Å²) in [7, 11) is 0. The van der Waals surface area contributed by atoms with Gasteiger partial charge in [-0.3, -0.25) is 43.6 Å². The SMILES string of the molecule is NC(=O)[C@H](CCCCNC(=O)CN1CCN(CC(=O)O)CCN(CC(=O)O)CCN(CC(=O)O)CC1)NC(=O)OC1c2ccccc2-c2ccccc21. The molecule has 4 rings (SSSR count). The van der Waals surface area contributed by atoms with E-state index < -0.39 is 42.1 Å². The van der Waals surface area contributed by atoms with E-state index in [9.17, 15) is 44.1 Å². The molecule has 0 unspecified atom stereocenters. The summed E-state index contributed by atoms with van der Waals surface area (Å²) >= 11 is 0. The molecule has 7 N–H and O–H groups in total. The Kier molecular flexibility index (Phi) is 15.5. The van der Waals surface area contributed by atoms with Crippen LogP contribution in [0.4, 0.5) is 4.79 Å². The number of carboxylic acids is 3. The molecule has 288 valence electrons. The minimum atomic E-state index is -1.04. The fraction of sp³-hybridized carbons (Fsp3) is 0.500. The number of hydrogen-bond donors (Lipinski definition) is 6. The molecule has 2 aromatic rings. The Morgan fingerprint density at radius 2 is 1.08 bits per heavy atom. The highest BCUT2D eigenvalue weighted by molar-refractivity contribution is 5.85. The summed E-state index contributed by atoms with van der Waals surface area (Å²) < 4.78 is 5.78. The van der Waals surface area contributed by atoms with Crippen LogP contribution < -0.4 is 16.4 Å². The van der Waals surface area contributed by atoms with Crippen LogP contribution in [0.3, 0.4) is 0 Å². The first kappa shape index (κ1) is 40.7. The van der Waals surface area contributed by atoms with Gasteiger partial charge in [0.15, 0.2) is 6.10 Å². The number of nitrogens with zero attached hydrogens (tertiary/aromatic N) is 4. The number of alkyl carbamates (subject to hydrolysis) is 1. The van der Waals surface area contributed by atoms with Crippen molar-refractivity contribution in [2.24, 2.45) is 5.73 Å². The Labute approximate surface area is 307 Å². The fourth-order valence-electron chi connectivity index (χ4n) is 6.55. The van der Waals surface area contributed by atoms with Crippen LogP contribution in [-0.4, -0.2) is 162 Å². The Bertz CT molecular complexity index is 1530. The highest BCUT2D eigenvalue weighted by Crippen LogP contribution is 2.45. The largest absolute Gasteiger partial charge is 0.480 e. The zero-order valence-electron chi connectivity index (χ0n) is 29.7. The normalized spacial score (nSPS) is 17.0. The monoisotopic (exact) mass is 739 g/mol. The molecule has 1 atom stereocenters. The van der Waals surface area contributed by atoms with Crippen LogP contribution in [0.1, 0.15) is 36.5 Å². The van der Waals surface area contributed by atoms with Crippen LogP contribution in [0.15, 0.2) is 48.5 Å². The molecule has 0 bridgehead atoms. The fourth-order valence-corrected chi connectivity index (χ4v) is 6.55. The van der Waals surface area contributed by atoms with Gasteiger partial charge in [0.25, 0.3) is 0 Å². The highest BCUT2D eigenvalue weighted by Gasteiger charge is 2.32. The summed E-state index contributed by atoms with van der Waals surface area (Å²) in [5.41, 5.74) is 9.24. The number of primary amides is 1. The molecule has 1 saturated heterocycles. The number of amides is 3. The van der Waals surface area contributed by atoms with E-state index in [-0.39, 0.29) is 71.2 Å². The van der Waals surface area contributed by atoms with Crippen LogP contribution in [0.2, 0.25) is 0 Å². The Hall–Kier alpha value is -5.10. The van der Waals surface area contributed by atoms with E-state index in [0.29, 0.717) is 39.0 Å². The Morgan fingerprint density at radius 3 is 1.49 bits per heavy atom. The number of nitrogens with one attached hydrogen (secondary N) is 2. The molecule has 3 amide bonds. The predicted molar refractivity (Wildman–Crippen MR) is 192 cm³/mol. The third kappa shape index (κ3) is 13.1. The summed E-state index contributed by atoms with van der Waals surface area (Å²) in [4.78, 5) is 79.4. The predicted octanol–water partition coefficient (Wildman–Crippen LogP) is 0.0984. The van der Waals surface area contributed by atoms with E-state index in [0.717, 1.165) is 22.3 Å². The van der Waals surface area contributed by atoms with E-state index in [2.05, 4.69) is 10.6 Å². The summed E-state index contributed by atoms with van der Waals surface area (Å²) in [6, 6.07) is 14.3. The molecule has 1 aliphatic carbocycles. The van der Waals surface area contributed by atoms with Crippen molar-refractivity contribution in [3.8, 4) is 11.1 Å². The van der Waals surface area contributed by atoms with Crippen LogP contribution in [0.5, 0.6) is 0 Å². The van der Waals surface area contributed by atoms with E-state index in [1.807, 2.05) is 53.4 Å². The van der Waals surface area contributed by atoms with Gasteiger partial charge in [-0.1, -0.05) is 48.5 Å². The second-order valence-electron chi connectivity index (χ2n) is 13.2. The molecule has 0 aromatic heterocycles. The Morgan fingerprint density at radius 1 is 0.660 bits per heavy atom. The first-order valence-corrected chi connectivity index (χ1v) is 17.7. The van der Waals surface area contributed by atoms with Gasteiger partial charge in [-0.15, -0.1) is 0 Å². The van der Waals surface area contributed by atoms with Gasteiger partial charge in [0.05, 0.1) is 26.2 Å². The van der Waals surface area contributed by atoms with Crippen molar-refractivity contribution in [2.45, 2.75) is 31.4 Å². The van der Waals surface area contributed by atoms with Crippen molar-refractivity contribution in [3.63, 3.8) is 0 Å². The van der Waals surface area contributed by atoms with Crippen LogP contribution in [0, 0.1) is 0 Å². The average Bonchev–Trinajstić information content (AvgIpc) is 3.41. The number of carbonyl (C=O) groups excluding carboxylic acids is 3. The smallest absolute Gasteiger partial charge is 0.408 e. The van der Waals surface area contributed by atoms with Gasteiger partial charge in [0.2, 0.25) is 11.8 Å². The summed E-state index contributed by atoms with van der Waals surface area (Å²) in [5, 5.41) is 33.6. The zero-order chi connectivity index (χ0) is 38.3. The summed E-state index contributed by atoms with van der Waals surface area (Å²) in [5.74, 6) is -4.10. The number of fused-ring (bicyclic) bond motifs is 3. The highest BCUT2D eigenvalue weighted by atomic mass is 16.6. The molecular weight excluding hydrogens is 690 g/mol. The van der Waals surface area contributed by atoms with E-state index in [4.69, 9.17) is 10.5 Å². The summed E-state index contributed by atoms with van der Waals surface area (Å²) in [6.45, 7) is 1.83. The number of aliphatic carboxylic acids is 3. The van der Waals surface area contributed by atoms with Crippen LogP contribution in [0.25, 0.3) is 11.1 Å². The number of carboxylic acid groups (broad SMARTS) is 3. The van der Waals surface area contributed by atoms with E-state index in [1.54, 1.807) is 14.7 Å². The Balaban J connectivity index is 1.25. The average molecular weight is 740 g/mol. The molecule has 53 heavy (non-hydrogen) atoms. The molecule has 0 saturated carbocycles. The lowest BCUT2D eigenvalue weighted by Gasteiger charge is -2.32. The van der Waals surface area contributed by atoms with Gasteiger partial charge in [-0.25, -0.2) is 4.79 Å². The van der Waals surface area contributed by atoms with Crippen molar-refractivity contribution in [1.29, 1.82) is 0 Å². The molecule has 1 fully saturated rings. The summed E-state index contributed by atoms with van der Waals surface area (Å²) in [6.07, 6.45) is -0.225. The zero-order valence-corrected chi connectivity index (χ0v) is 29.7. The third-order valence-corrected chi connectivity index (χ3v) is 9.25. The number of unbranched alkanes of at least 4 members (excludes halogenated alkanes) is 1. The van der Waals surface area contributed by atoms with E-state index >= 15 is 0 Å². The maximum Gasteiger partial charge on any atom is 0.408 e. The van der Waals surface area contributed by atoms with Gasteiger partial charge in [-0.2, -0.15) is 0 Å². The second-order valence-corrected chi connectivity index (χ2v) is 13.2. The minimum Gasteiger partial charge on any atom is -0.480 e. The third-order valence-electron chi connectivity index (χ3n) is 9.25. The minimum absolute atomic E-state index is 0.0162. The maximum absolute atomic E-state index is 13.0. The topological polar surface area (TPSA) is 235 Å². The molecule has 17 heteroatoms. The first-order chi connectivity index (χ1) is 25.4. The lowest BCUT2D eigenvalue weighted by molar-refractivity contribution is -0.140. The quantitative estimate of drug-likeness (QED) is 0.125. The van der Waals surface area contributed by atoms with Crippen LogP contribution in [-0.2, 0) is 28.7 Å². The molecule has 1 aliphatic heterocycles. The first-order valence-electron chi connectivity index (χ1n) is 17.7. The number of rotatable bonds is 16. The van der Waals surface area contributed by atoms with Crippen molar-refractivity contribution in [1.82, 2.24) is 30.2 Å². The molecule has 0 radical (unpaired) electrons. The molecule has 17 nitrogen and oxygen atoms in total. The molecule has 0 spiro atoms. The second kappa shape index (κ2) is 20.2. The van der Waals surface area contributed by atoms with Gasteiger partial charge in [-0.05, 0) is 30.4 Å². The van der Waals surface area contributed by atoms with Crippen molar-refractivity contribution < 1.29 is 48.8 Å². The number of carbonyl (C=O) groups is 6. The molecule has 1 heterocycles. The number of ether oxygens (including phenoxy) is 1. The van der Waals surface area contributed by atoms with Crippen molar-refractivity contribution in [2.75, 3.05) is 85.1 Å². The van der Waals surface area contributed by atoms with Gasteiger partial charge in [0.1, 0.15) is 6.04 Å². The van der Waals surface area contributed by atoms with Gasteiger partial charge in [0, 0.05) is 70.0 Å².